The minimum absolute atomic E-state index is 0.00527. The molecule has 0 bridgehead atoms. The standard InChI is InChI=1S/C32H51N3O2Si2/c1-23(2)20-28-32(33-29(36)26-17-13-19-34(3)22-26,21-25-16-12-15-24-14-10-11-18-27(24)25)30(37)35(28)31(38(4,5)6)39(7,8)9/h12-13,15-16,19,22-23,28,31H,10-11,14,17-18,20-21H2,1-9H3,(H,33,36)/t28-,32-/m1/s1. The van der Waals surface area contributed by atoms with Crippen molar-refractivity contribution < 1.29 is 9.59 Å². The quantitative estimate of drug-likeness (QED) is 0.292. The number of likely N-dealkylation sites (tertiary alicyclic amines) is 1. The first-order valence-corrected chi connectivity index (χ1v) is 22.1. The molecule has 0 aromatic heterocycles. The van der Waals surface area contributed by atoms with Gasteiger partial charge in [-0.05, 0) is 67.3 Å². The summed E-state index contributed by atoms with van der Waals surface area (Å²) in [5.41, 5.74) is 3.90. The second-order valence-corrected chi connectivity index (χ2v) is 25.9. The molecule has 5 nitrogen and oxygen atoms in total. The third kappa shape index (κ3) is 5.99. The highest BCUT2D eigenvalue weighted by Crippen LogP contribution is 2.44. The second kappa shape index (κ2) is 11.0. The van der Waals surface area contributed by atoms with Crippen molar-refractivity contribution in [1.29, 1.82) is 0 Å². The molecule has 0 spiro atoms. The highest BCUT2D eigenvalue weighted by Gasteiger charge is 2.65. The number of β-lactam (4-membered cyclic amide) rings is 1. The molecule has 1 saturated heterocycles. The number of nitrogens with one attached hydrogen (secondary N) is 1. The number of aryl methyl sites for hydroxylation is 1. The van der Waals surface area contributed by atoms with E-state index in [1.54, 1.807) is 0 Å². The molecule has 7 heteroatoms. The van der Waals surface area contributed by atoms with Crippen LogP contribution in [0.1, 0.15) is 56.2 Å². The molecule has 0 radical (unpaired) electrons. The summed E-state index contributed by atoms with van der Waals surface area (Å²) in [5, 5.41) is 3.76. The maximum absolute atomic E-state index is 14.8. The maximum Gasteiger partial charge on any atom is 0.250 e. The van der Waals surface area contributed by atoms with Gasteiger partial charge in [-0.15, -0.1) is 0 Å². The van der Waals surface area contributed by atoms with E-state index in [2.05, 4.69) is 81.5 Å². The highest BCUT2D eigenvalue weighted by molar-refractivity contribution is 6.96. The number of hydrogen-bond donors (Lipinski definition) is 1. The Morgan fingerprint density at radius 2 is 1.74 bits per heavy atom. The number of fused-ring (bicyclic) bond motifs is 1. The van der Waals surface area contributed by atoms with E-state index in [0.717, 1.165) is 24.8 Å². The van der Waals surface area contributed by atoms with Crippen molar-refractivity contribution >= 4 is 28.0 Å². The normalized spacial score (nSPS) is 23.6. The number of rotatable bonds is 9. The minimum atomic E-state index is -1.72. The van der Waals surface area contributed by atoms with Crippen LogP contribution in [0.15, 0.2) is 42.2 Å². The highest BCUT2D eigenvalue weighted by atomic mass is 28.4. The number of nitrogens with zero attached hydrogens (tertiary/aromatic N) is 2. The zero-order chi connectivity index (χ0) is 28.8. The maximum atomic E-state index is 14.8. The molecule has 2 aliphatic heterocycles. The fourth-order valence-electron chi connectivity index (χ4n) is 7.70. The topological polar surface area (TPSA) is 52.7 Å². The van der Waals surface area contributed by atoms with E-state index in [0.29, 0.717) is 24.0 Å². The molecule has 3 aliphatic rings. The minimum Gasteiger partial charge on any atom is -0.357 e. The van der Waals surface area contributed by atoms with Gasteiger partial charge in [0.15, 0.2) is 0 Å². The van der Waals surface area contributed by atoms with Crippen molar-refractivity contribution in [2.75, 3.05) is 7.05 Å². The Hall–Kier alpha value is -2.13. The smallest absolute Gasteiger partial charge is 0.250 e. The predicted molar refractivity (Wildman–Crippen MR) is 168 cm³/mol. The molecule has 0 unspecified atom stereocenters. The summed E-state index contributed by atoms with van der Waals surface area (Å²) in [6.07, 6.45) is 12.6. The molecular weight excluding hydrogens is 515 g/mol. The summed E-state index contributed by atoms with van der Waals surface area (Å²) in [4.78, 5) is 32.9. The largest absolute Gasteiger partial charge is 0.357 e. The molecule has 39 heavy (non-hydrogen) atoms. The fraction of sp³-hybridized carbons (Fsp3) is 0.625. The molecule has 2 amide bonds. The third-order valence-electron chi connectivity index (χ3n) is 8.76. The Balaban J connectivity index is 1.82. The van der Waals surface area contributed by atoms with Crippen LogP contribution in [-0.4, -0.2) is 61.7 Å². The first kappa shape index (κ1) is 29.8. The number of benzene rings is 1. The summed E-state index contributed by atoms with van der Waals surface area (Å²) < 4.78 is 0. The summed E-state index contributed by atoms with van der Waals surface area (Å²) >= 11 is 0. The van der Waals surface area contributed by atoms with Crippen molar-refractivity contribution in [3.05, 3.63) is 58.9 Å². The SMILES string of the molecule is CC(C)C[C@H]1N(C([Si](C)(C)C)[Si](C)(C)C)C(=O)[C@]1(Cc1cccc2c1CCCC2)NC(=O)C1=CN(C)C=CC1. The molecule has 1 aromatic carbocycles. The van der Waals surface area contributed by atoms with E-state index in [-0.39, 0.29) is 17.9 Å². The van der Waals surface area contributed by atoms with Crippen LogP contribution in [0, 0.1) is 5.92 Å². The number of allylic oxidation sites excluding steroid dienone is 1. The van der Waals surface area contributed by atoms with Crippen LogP contribution in [-0.2, 0) is 28.9 Å². The van der Waals surface area contributed by atoms with Crippen LogP contribution in [0.2, 0.25) is 39.3 Å². The molecule has 2 atom stereocenters. The molecule has 1 aromatic rings. The molecular formula is C32H51N3O2Si2. The van der Waals surface area contributed by atoms with Gasteiger partial charge < -0.3 is 15.1 Å². The van der Waals surface area contributed by atoms with Gasteiger partial charge in [-0.1, -0.05) is 77.4 Å². The van der Waals surface area contributed by atoms with E-state index in [1.807, 2.05) is 30.4 Å². The van der Waals surface area contributed by atoms with Crippen LogP contribution in [0.25, 0.3) is 0 Å². The number of carbonyl (C=O) groups is 2. The van der Waals surface area contributed by atoms with Crippen molar-refractivity contribution in [2.24, 2.45) is 5.92 Å². The zero-order valence-electron chi connectivity index (χ0n) is 25.9. The predicted octanol–water partition coefficient (Wildman–Crippen LogP) is 6.08. The lowest BCUT2D eigenvalue weighted by Gasteiger charge is -2.63. The lowest BCUT2D eigenvalue weighted by atomic mass is 9.70. The number of hydrogen-bond acceptors (Lipinski definition) is 3. The van der Waals surface area contributed by atoms with Gasteiger partial charge in [0.1, 0.15) is 5.54 Å². The first-order valence-electron chi connectivity index (χ1n) is 15.0. The van der Waals surface area contributed by atoms with Crippen LogP contribution in [0.3, 0.4) is 0 Å². The zero-order valence-corrected chi connectivity index (χ0v) is 27.9. The lowest BCUT2D eigenvalue weighted by Crippen LogP contribution is -2.86. The van der Waals surface area contributed by atoms with Crippen LogP contribution in [0.4, 0.5) is 0 Å². The Kier molecular flexibility index (Phi) is 8.45. The molecule has 1 fully saturated rings. The van der Waals surface area contributed by atoms with Gasteiger partial charge in [0, 0.05) is 30.5 Å². The molecule has 2 heterocycles. The van der Waals surface area contributed by atoms with E-state index >= 15 is 0 Å². The van der Waals surface area contributed by atoms with Crippen molar-refractivity contribution in [1.82, 2.24) is 15.1 Å². The summed E-state index contributed by atoms with van der Waals surface area (Å²) in [5.74, 6) is 0.457. The molecule has 1 aliphatic carbocycles. The average molecular weight is 566 g/mol. The van der Waals surface area contributed by atoms with Gasteiger partial charge in [0.05, 0.1) is 22.2 Å². The van der Waals surface area contributed by atoms with Gasteiger partial charge in [-0.3, -0.25) is 9.59 Å². The number of carbonyl (C=O) groups excluding carboxylic acids is 2. The van der Waals surface area contributed by atoms with E-state index < -0.39 is 21.7 Å². The van der Waals surface area contributed by atoms with Crippen molar-refractivity contribution in [3.8, 4) is 0 Å². The molecule has 1 N–H and O–H groups in total. The molecule has 214 valence electrons. The first-order chi connectivity index (χ1) is 18.1. The van der Waals surface area contributed by atoms with Gasteiger partial charge in [-0.2, -0.15) is 0 Å². The van der Waals surface area contributed by atoms with Gasteiger partial charge in [-0.25, -0.2) is 0 Å². The van der Waals surface area contributed by atoms with Crippen LogP contribution < -0.4 is 5.32 Å². The van der Waals surface area contributed by atoms with Crippen LogP contribution >= 0.6 is 0 Å². The fourth-order valence-corrected chi connectivity index (χ4v) is 20.4. The summed E-state index contributed by atoms with van der Waals surface area (Å²) in [6, 6.07) is 6.62. The number of amides is 2. The Bertz CT molecular complexity index is 1150. The van der Waals surface area contributed by atoms with Crippen molar-refractivity contribution in [3.63, 3.8) is 0 Å². The Morgan fingerprint density at radius 1 is 1.08 bits per heavy atom. The Labute approximate surface area is 239 Å². The van der Waals surface area contributed by atoms with Gasteiger partial charge >= 0.3 is 0 Å². The van der Waals surface area contributed by atoms with E-state index in [9.17, 15) is 9.59 Å². The third-order valence-corrected chi connectivity index (χ3v) is 17.8. The second-order valence-electron chi connectivity index (χ2n) is 14.8. The Morgan fingerprint density at radius 3 is 2.36 bits per heavy atom. The lowest BCUT2D eigenvalue weighted by molar-refractivity contribution is -0.166. The summed E-state index contributed by atoms with van der Waals surface area (Å²) in [6.45, 7) is 19.0. The van der Waals surface area contributed by atoms with E-state index in [1.165, 1.54) is 29.5 Å². The van der Waals surface area contributed by atoms with Gasteiger partial charge in [0.2, 0.25) is 5.91 Å². The van der Waals surface area contributed by atoms with Crippen molar-refractivity contribution in [2.45, 2.75) is 115 Å². The molecule has 0 saturated carbocycles. The monoisotopic (exact) mass is 565 g/mol. The van der Waals surface area contributed by atoms with E-state index in [4.69, 9.17) is 0 Å². The van der Waals surface area contributed by atoms with Gasteiger partial charge in [0.25, 0.3) is 5.91 Å². The summed E-state index contributed by atoms with van der Waals surface area (Å²) in [7, 11) is -1.50. The van der Waals surface area contributed by atoms with Crippen LogP contribution in [0.5, 0.6) is 0 Å². The average Bonchev–Trinajstić information content (AvgIpc) is 2.84. The molecule has 4 rings (SSSR count).